The van der Waals surface area contributed by atoms with Crippen LogP contribution in [0.2, 0.25) is 10.2 Å². The summed E-state index contributed by atoms with van der Waals surface area (Å²) in [7, 11) is 0. The smallest absolute Gasteiger partial charge is 0.155 e. The Kier molecular flexibility index (Phi) is 4.04. The van der Waals surface area contributed by atoms with Crippen molar-refractivity contribution in [1.82, 2.24) is 10.2 Å². The molecule has 18 heavy (non-hydrogen) atoms. The lowest BCUT2D eigenvalue weighted by Gasteiger charge is -2.11. The molecule has 1 aromatic carbocycles. The molecule has 1 heterocycles. The van der Waals surface area contributed by atoms with Gasteiger partial charge in [-0.3, -0.25) is 0 Å². The lowest BCUT2D eigenvalue weighted by molar-refractivity contribution is 0.971. The molecule has 0 saturated carbocycles. The van der Waals surface area contributed by atoms with Gasteiger partial charge in [0.2, 0.25) is 0 Å². The van der Waals surface area contributed by atoms with Gasteiger partial charge in [0.15, 0.2) is 11.0 Å². The zero-order chi connectivity index (χ0) is 13.1. The normalized spacial score (nSPS) is 10.4. The molecule has 0 unspecified atom stereocenters. The van der Waals surface area contributed by atoms with E-state index in [0.717, 1.165) is 27.5 Å². The van der Waals surface area contributed by atoms with Crippen molar-refractivity contribution in [3.63, 3.8) is 0 Å². The summed E-state index contributed by atoms with van der Waals surface area (Å²) in [6, 6.07) is 7.70. The molecule has 0 fully saturated rings. The number of anilines is 1. The van der Waals surface area contributed by atoms with Crippen LogP contribution < -0.4 is 5.32 Å². The highest BCUT2D eigenvalue weighted by atomic mass is 35.5. The lowest BCUT2D eigenvalue weighted by Crippen LogP contribution is -2.06. The molecule has 5 heteroatoms. The number of nitrogens with one attached hydrogen (secondary N) is 1. The summed E-state index contributed by atoms with van der Waals surface area (Å²) in [5, 5.41) is 12.3. The first-order chi connectivity index (χ1) is 8.59. The van der Waals surface area contributed by atoms with Gasteiger partial charge in [0.25, 0.3) is 0 Å². The highest BCUT2D eigenvalue weighted by molar-refractivity contribution is 6.31. The third kappa shape index (κ3) is 2.74. The molecule has 0 saturated heterocycles. The fourth-order valence-corrected chi connectivity index (χ4v) is 1.95. The van der Waals surface area contributed by atoms with Crippen molar-refractivity contribution in [3.8, 4) is 0 Å². The molecule has 0 aliphatic carbocycles. The van der Waals surface area contributed by atoms with Crippen molar-refractivity contribution in [1.29, 1.82) is 0 Å². The second-order valence-electron chi connectivity index (χ2n) is 4.03. The summed E-state index contributed by atoms with van der Waals surface area (Å²) in [6.07, 6.45) is 0. The molecule has 0 aliphatic rings. The molecular weight excluding hydrogens is 269 g/mol. The van der Waals surface area contributed by atoms with E-state index in [1.807, 2.05) is 38.1 Å². The van der Waals surface area contributed by atoms with E-state index in [4.69, 9.17) is 23.2 Å². The first-order valence-electron chi connectivity index (χ1n) is 5.56. The van der Waals surface area contributed by atoms with Crippen LogP contribution in [0.1, 0.15) is 16.7 Å². The minimum Gasteiger partial charge on any atom is -0.364 e. The van der Waals surface area contributed by atoms with Crippen molar-refractivity contribution >= 4 is 29.0 Å². The fourth-order valence-electron chi connectivity index (χ4n) is 1.56. The van der Waals surface area contributed by atoms with E-state index in [-0.39, 0.29) is 0 Å². The van der Waals surface area contributed by atoms with Crippen LogP contribution in [-0.2, 0) is 6.54 Å². The minimum absolute atomic E-state index is 0.441. The van der Waals surface area contributed by atoms with Crippen molar-refractivity contribution in [2.75, 3.05) is 5.32 Å². The Morgan fingerprint density at radius 3 is 2.50 bits per heavy atom. The van der Waals surface area contributed by atoms with E-state index in [1.165, 1.54) is 0 Å². The van der Waals surface area contributed by atoms with Gasteiger partial charge in [0.1, 0.15) is 0 Å². The monoisotopic (exact) mass is 281 g/mol. The van der Waals surface area contributed by atoms with Gasteiger partial charge in [0.05, 0.1) is 0 Å². The minimum atomic E-state index is 0.441. The standard InChI is InChI=1S/C13H13Cl2N3/c1-8-9(2)13(18-17-12(8)15)16-7-10-5-3-4-6-11(10)14/h3-6H,7H2,1-2H3,(H,16,18). The molecule has 0 spiro atoms. The number of halogens is 2. The number of rotatable bonds is 3. The van der Waals surface area contributed by atoms with E-state index in [2.05, 4.69) is 15.5 Å². The molecule has 3 nitrogen and oxygen atoms in total. The molecule has 94 valence electrons. The molecule has 1 N–H and O–H groups in total. The van der Waals surface area contributed by atoms with E-state index in [9.17, 15) is 0 Å². The van der Waals surface area contributed by atoms with Gasteiger partial charge in [-0.05, 0) is 36.6 Å². The van der Waals surface area contributed by atoms with Crippen LogP contribution in [0, 0.1) is 13.8 Å². The molecule has 2 rings (SSSR count). The molecular formula is C13H13Cl2N3. The van der Waals surface area contributed by atoms with Crippen molar-refractivity contribution in [3.05, 3.63) is 51.1 Å². The quantitative estimate of drug-likeness (QED) is 0.924. The SMILES string of the molecule is Cc1c(Cl)nnc(NCc2ccccc2Cl)c1C. The largest absolute Gasteiger partial charge is 0.364 e. The summed E-state index contributed by atoms with van der Waals surface area (Å²) in [6.45, 7) is 4.49. The average Bonchev–Trinajstić information content (AvgIpc) is 2.37. The molecule has 1 aromatic heterocycles. The van der Waals surface area contributed by atoms with Crippen LogP contribution in [0.5, 0.6) is 0 Å². The lowest BCUT2D eigenvalue weighted by atomic mass is 10.2. The maximum Gasteiger partial charge on any atom is 0.155 e. The topological polar surface area (TPSA) is 37.8 Å². The van der Waals surface area contributed by atoms with Crippen molar-refractivity contribution in [2.45, 2.75) is 20.4 Å². The van der Waals surface area contributed by atoms with Crippen LogP contribution in [0.25, 0.3) is 0 Å². The highest BCUT2D eigenvalue weighted by Crippen LogP contribution is 2.22. The van der Waals surface area contributed by atoms with Gasteiger partial charge < -0.3 is 5.32 Å². The number of aromatic nitrogens is 2. The van der Waals surface area contributed by atoms with Gasteiger partial charge in [-0.2, -0.15) is 0 Å². The van der Waals surface area contributed by atoms with Crippen LogP contribution in [-0.4, -0.2) is 10.2 Å². The third-order valence-electron chi connectivity index (χ3n) is 2.87. The Labute approximate surface area is 116 Å². The summed E-state index contributed by atoms with van der Waals surface area (Å²) >= 11 is 12.0. The number of benzene rings is 1. The van der Waals surface area contributed by atoms with Gasteiger partial charge in [-0.25, -0.2) is 0 Å². The third-order valence-corrected chi connectivity index (χ3v) is 3.60. The van der Waals surface area contributed by atoms with E-state index < -0.39 is 0 Å². The fraction of sp³-hybridized carbons (Fsp3) is 0.231. The van der Waals surface area contributed by atoms with Crippen LogP contribution in [0.3, 0.4) is 0 Å². The molecule has 0 amide bonds. The maximum absolute atomic E-state index is 6.09. The zero-order valence-corrected chi connectivity index (χ0v) is 11.7. The summed E-state index contributed by atoms with van der Waals surface area (Å²) in [5.41, 5.74) is 2.96. The van der Waals surface area contributed by atoms with E-state index in [0.29, 0.717) is 11.7 Å². The highest BCUT2D eigenvalue weighted by Gasteiger charge is 2.08. The summed E-state index contributed by atoms with van der Waals surface area (Å²) in [4.78, 5) is 0. The molecule has 2 aromatic rings. The molecule has 0 aliphatic heterocycles. The molecule has 0 atom stereocenters. The Hall–Kier alpha value is -1.32. The molecule has 0 bridgehead atoms. The Morgan fingerprint density at radius 2 is 1.78 bits per heavy atom. The second-order valence-corrected chi connectivity index (χ2v) is 4.80. The van der Waals surface area contributed by atoms with Crippen molar-refractivity contribution < 1.29 is 0 Å². The van der Waals surface area contributed by atoms with E-state index in [1.54, 1.807) is 0 Å². The predicted octanol–water partition coefficient (Wildman–Crippen LogP) is 4.01. The van der Waals surface area contributed by atoms with Gasteiger partial charge in [-0.1, -0.05) is 41.4 Å². The second kappa shape index (κ2) is 5.55. The van der Waals surface area contributed by atoms with Gasteiger partial charge in [-0.15, -0.1) is 10.2 Å². The number of nitrogens with zero attached hydrogens (tertiary/aromatic N) is 2. The number of hydrogen-bond donors (Lipinski definition) is 1. The first kappa shape index (κ1) is 13.1. The predicted molar refractivity (Wildman–Crippen MR) is 75.3 cm³/mol. The van der Waals surface area contributed by atoms with Crippen LogP contribution in [0.15, 0.2) is 24.3 Å². The van der Waals surface area contributed by atoms with Crippen LogP contribution >= 0.6 is 23.2 Å². The van der Waals surface area contributed by atoms with Gasteiger partial charge >= 0.3 is 0 Å². The Morgan fingerprint density at radius 1 is 1.06 bits per heavy atom. The Bertz CT molecular complexity index is 570. The van der Waals surface area contributed by atoms with E-state index >= 15 is 0 Å². The van der Waals surface area contributed by atoms with Gasteiger partial charge in [0, 0.05) is 11.6 Å². The van der Waals surface area contributed by atoms with Crippen LogP contribution in [0.4, 0.5) is 5.82 Å². The first-order valence-corrected chi connectivity index (χ1v) is 6.32. The summed E-state index contributed by atoms with van der Waals surface area (Å²) < 4.78 is 0. The summed E-state index contributed by atoms with van der Waals surface area (Å²) in [5.74, 6) is 0.733. The maximum atomic E-state index is 6.09. The molecule has 0 radical (unpaired) electrons. The number of hydrogen-bond acceptors (Lipinski definition) is 3. The Balaban J connectivity index is 2.17. The average molecular weight is 282 g/mol. The zero-order valence-electron chi connectivity index (χ0n) is 10.2. The van der Waals surface area contributed by atoms with Crippen molar-refractivity contribution in [2.24, 2.45) is 0 Å².